The van der Waals surface area contributed by atoms with Gasteiger partial charge in [-0.2, -0.15) is 0 Å². The van der Waals surface area contributed by atoms with Gasteiger partial charge < -0.3 is 20.1 Å². The molecule has 2 aromatic rings. The third kappa shape index (κ3) is 2.63. The fraction of sp³-hybridized carbons (Fsp3) is 0.562. The van der Waals surface area contributed by atoms with E-state index >= 15 is 0 Å². The van der Waals surface area contributed by atoms with Crippen molar-refractivity contribution in [2.24, 2.45) is 0 Å². The average Bonchev–Trinajstić information content (AvgIpc) is 2.76. The topological polar surface area (TPSA) is 73.3 Å². The molecule has 0 aliphatic carbocycles. The number of benzene rings is 1. The molecule has 114 valence electrons. The van der Waals surface area contributed by atoms with Crippen molar-refractivity contribution < 1.29 is 9.84 Å². The quantitative estimate of drug-likeness (QED) is 0.834. The highest BCUT2D eigenvalue weighted by molar-refractivity contribution is 5.80. The molecule has 2 unspecified atom stereocenters. The highest BCUT2D eigenvalue weighted by Crippen LogP contribution is 2.36. The van der Waals surface area contributed by atoms with Gasteiger partial charge in [0.05, 0.1) is 16.6 Å². The molecule has 0 spiro atoms. The molecule has 3 N–H and O–H groups in total. The van der Waals surface area contributed by atoms with Gasteiger partial charge in [-0.1, -0.05) is 0 Å². The van der Waals surface area contributed by atoms with Gasteiger partial charge in [0, 0.05) is 18.3 Å². The summed E-state index contributed by atoms with van der Waals surface area (Å²) < 4.78 is 7.98. The molecule has 1 aliphatic heterocycles. The summed E-state index contributed by atoms with van der Waals surface area (Å²) in [5.41, 5.74) is 8.26. The van der Waals surface area contributed by atoms with Crippen LogP contribution >= 0.6 is 0 Å². The van der Waals surface area contributed by atoms with Crippen molar-refractivity contribution in [3.63, 3.8) is 0 Å². The standard InChI is InChI=1S/C16H23N3O2/c1-10(20)15-18-13-8-11(17)4-5-14(13)19(15)12-6-7-21-16(2,3)9-12/h4-5,8,10,12,20H,6-7,9,17H2,1-3H3. The molecule has 2 heterocycles. The van der Waals surface area contributed by atoms with Gasteiger partial charge in [0.1, 0.15) is 11.9 Å². The van der Waals surface area contributed by atoms with Crippen LogP contribution < -0.4 is 5.73 Å². The second-order valence-corrected chi connectivity index (χ2v) is 6.52. The molecule has 5 heteroatoms. The first-order chi connectivity index (χ1) is 9.87. The van der Waals surface area contributed by atoms with E-state index in [-0.39, 0.29) is 11.6 Å². The lowest BCUT2D eigenvalue weighted by Crippen LogP contribution is -2.35. The van der Waals surface area contributed by atoms with E-state index in [9.17, 15) is 5.11 Å². The molecule has 1 aliphatic rings. The molecule has 0 radical (unpaired) electrons. The minimum atomic E-state index is -0.607. The number of ether oxygens (including phenoxy) is 1. The Labute approximate surface area is 124 Å². The summed E-state index contributed by atoms with van der Waals surface area (Å²) in [5.74, 6) is 0.707. The zero-order chi connectivity index (χ0) is 15.2. The van der Waals surface area contributed by atoms with Crippen LogP contribution in [0.25, 0.3) is 11.0 Å². The monoisotopic (exact) mass is 289 g/mol. The minimum Gasteiger partial charge on any atom is -0.399 e. The SMILES string of the molecule is CC(O)c1nc2cc(N)ccc2n1C1CCOC(C)(C)C1. The fourth-order valence-electron chi connectivity index (χ4n) is 3.23. The summed E-state index contributed by atoms with van der Waals surface area (Å²) in [6.07, 6.45) is 1.23. The highest BCUT2D eigenvalue weighted by atomic mass is 16.5. The maximum atomic E-state index is 10.1. The van der Waals surface area contributed by atoms with E-state index in [4.69, 9.17) is 10.5 Å². The molecule has 5 nitrogen and oxygen atoms in total. The van der Waals surface area contributed by atoms with E-state index in [1.54, 1.807) is 6.92 Å². The summed E-state index contributed by atoms with van der Waals surface area (Å²) in [5, 5.41) is 10.1. The number of rotatable bonds is 2. The van der Waals surface area contributed by atoms with E-state index in [2.05, 4.69) is 23.4 Å². The predicted molar refractivity (Wildman–Crippen MR) is 83.1 cm³/mol. The number of nitrogen functional groups attached to an aromatic ring is 1. The van der Waals surface area contributed by atoms with Crippen LogP contribution in [0.4, 0.5) is 5.69 Å². The van der Waals surface area contributed by atoms with Crippen molar-refractivity contribution in [2.75, 3.05) is 12.3 Å². The highest BCUT2D eigenvalue weighted by Gasteiger charge is 2.32. The summed E-state index contributed by atoms with van der Waals surface area (Å²) >= 11 is 0. The number of anilines is 1. The van der Waals surface area contributed by atoms with Crippen molar-refractivity contribution in [3.05, 3.63) is 24.0 Å². The Morgan fingerprint density at radius 3 is 2.90 bits per heavy atom. The van der Waals surface area contributed by atoms with Crippen LogP contribution in [0, 0.1) is 0 Å². The average molecular weight is 289 g/mol. The first kappa shape index (κ1) is 14.4. The zero-order valence-electron chi connectivity index (χ0n) is 12.8. The van der Waals surface area contributed by atoms with Gasteiger partial charge in [0.15, 0.2) is 0 Å². The maximum absolute atomic E-state index is 10.1. The molecule has 1 fully saturated rings. The number of nitrogens with two attached hydrogens (primary N) is 1. The Morgan fingerprint density at radius 2 is 2.24 bits per heavy atom. The molecule has 0 saturated carbocycles. The van der Waals surface area contributed by atoms with Crippen molar-refractivity contribution in [2.45, 2.75) is 51.4 Å². The number of imidazole rings is 1. The second-order valence-electron chi connectivity index (χ2n) is 6.52. The van der Waals surface area contributed by atoms with Crippen LogP contribution in [-0.4, -0.2) is 26.9 Å². The van der Waals surface area contributed by atoms with Crippen LogP contribution in [0.1, 0.15) is 51.6 Å². The molecule has 3 rings (SSSR count). The number of aliphatic hydroxyl groups is 1. The normalized spacial score (nSPS) is 23.3. The van der Waals surface area contributed by atoms with E-state index in [1.165, 1.54) is 0 Å². The molecular weight excluding hydrogens is 266 g/mol. The van der Waals surface area contributed by atoms with Crippen molar-refractivity contribution in [3.8, 4) is 0 Å². The van der Waals surface area contributed by atoms with Crippen molar-refractivity contribution >= 4 is 16.7 Å². The first-order valence-corrected chi connectivity index (χ1v) is 7.47. The Bertz CT molecular complexity index is 661. The van der Waals surface area contributed by atoms with Crippen LogP contribution in [0.3, 0.4) is 0 Å². The minimum absolute atomic E-state index is 0.150. The van der Waals surface area contributed by atoms with Gasteiger partial charge in [-0.3, -0.25) is 0 Å². The number of hydrogen-bond donors (Lipinski definition) is 2. The Hall–Kier alpha value is -1.59. The number of fused-ring (bicyclic) bond motifs is 1. The van der Waals surface area contributed by atoms with Crippen LogP contribution in [0.5, 0.6) is 0 Å². The lowest BCUT2D eigenvalue weighted by molar-refractivity contribution is -0.0694. The van der Waals surface area contributed by atoms with Crippen LogP contribution in [0.15, 0.2) is 18.2 Å². The Balaban J connectivity index is 2.13. The zero-order valence-corrected chi connectivity index (χ0v) is 12.8. The third-order valence-electron chi connectivity index (χ3n) is 4.15. The second kappa shape index (κ2) is 5.00. The smallest absolute Gasteiger partial charge is 0.138 e. The summed E-state index contributed by atoms with van der Waals surface area (Å²) in [4.78, 5) is 4.59. The molecule has 21 heavy (non-hydrogen) atoms. The van der Waals surface area contributed by atoms with Crippen molar-refractivity contribution in [1.29, 1.82) is 0 Å². The van der Waals surface area contributed by atoms with Gasteiger partial charge in [-0.05, 0) is 51.8 Å². The van der Waals surface area contributed by atoms with Crippen molar-refractivity contribution in [1.82, 2.24) is 9.55 Å². The van der Waals surface area contributed by atoms with Gasteiger partial charge >= 0.3 is 0 Å². The molecule has 0 bridgehead atoms. The van der Waals surface area contributed by atoms with E-state index in [1.807, 2.05) is 18.2 Å². The van der Waals surface area contributed by atoms with Gasteiger partial charge in [-0.25, -0.2) is 4.98 Å². The Morgan fingerprint density at radius 1 is 1.48 bits per heavy atom. The fourth-order valence-corrected chi connectivity index (χ4v) is 3.23. The van der Waals surface area contributed by atoms with Gasteiger partial charge in [-0.15, -0.1) is 0 Å². The molecule has 1 aromatic heterocycles. The largest absolute Gasteiger partial charge is 0.399 e. The predicted octanol–water partition coefficient (Wildman–Crippen LogP) is 2.80. The van der Waals surface area contributed by atoms with Gasteiger partial charge in [0.25, 0.3) is 0 Å². The van der Waals surface area contributed by atoms with E-state index < -0.39 is 6.10 Å². The molecular formula is C16H23N3O2. The number of hydrogen-bond acceptors (Lipinski definition) is 4. The maximum Gasteiger partial charge on any atom is 0.138 e. The lowest BCUT2D eigenvalue weighted by atomic mass is 9.93. The van der Waals surface area contributed by atoms with Crippen LogP contribution in [0.2, 0.25) is 0 Å². The summed E-state index contributed by atoms with van der Waals surface area (Å²) in [6, 6.07) is 6.03. The summed E-state index contributed by atoms with van der Waals surface area (Å²) in [6.45, 7) is 6.70. The lowest BCUT2D eigenvalue weighted by Gasteiger charge is -2.37. The number of aliphatic hydroxyl groups excluding tert-OH is 1. The molecule has 1 saturated heterocycles. The number of nitrogens with zero attached hydrogens (tertiary/aromatic N) is 2. The summed E-state index contributed by atoms with van der Waals surface area (Å²) in [7, 11) is 0. The first-order valence-electron chi connectivity index (χ1n) is 7.47. The third-order valence-corrected chi connectivity index (χ3v) is 4.15. The van der Waals surface area contributed by atoms with Crippen LogP contribution in [-0.2, 0) is 4.74 Å². The Kier molecular flexibility index (Phi) is 3.42. The molecule has 2 atom stereocenters. The molecule has 1 aromatic carbocycles. The molecule has 0 amide bonds. The van der Waals surface area contributed by atoms with Gasteiger partial charge in [0.2, 0.25) is 0 Å². The van der Waals surface area contributed by atoms with E-state index in [0.29, 0.717) is 11.5 Å². The number of aromatic nitrogens is 2. The van der Waals surface area contributed by atoms with E-state index in [0.717, 1.165) is 30.5 Å².